The van der Waals surface area contributed by atoms with Crippen LogP contribution in [0, 0.1) is 0 Å². The Bertz CT molecular complexity index is 1140. The van der Waals surface area contributed by atoms with E-state index in [2.05, 4.69) is 25.7 Å². The van der Waals surface area contributed by atoms with E-state index < -0.39 is 0 Å². The summed E-state index contributed by atoms with van der Waals surface area (Å²) in [5, 5.41) is 11.3. The molecule has 31 heavy (non-hydrogen) atoms. The Balaban J connectivity index is 1.34. The molecule has 0 saturated carbocycles. The van der Waals surface area contributed by atoms with Crippen LogP contribution in [0.25, 0.3) is 11.0 Å². The first-order valence-corrected chi connectivity index (χ1v) is 10.1. The van der Waals surface area contributed by atoms with Crippen LogP contribution in [-0.4, -0.2) is 38.3 Å². The van der Waals surface area contributed by atoms with Crippen molar-refractivity contribution in [3.8, 4) is 5.75 Å². The molecule has 0 atom stereocenters. The lowest BCUT2D eigenvalue weighted by Crippen LogP contribution is -2.27. The molecule has 0 unspecified atom stereocenters. The van der Waals surface area contributed by atoms with Crippen molar-refractivity contribution in [2.45, 2.75) is 33.0 Å². The molecule has 3 heterocycles. The molecule has 9 nitrogen and oxygen atoms in total. The van der Waals surface area contributed by atoms with Gasteiger partial charge in [-0.2, -0.15) is 5.10 Å². The quantitative estimate of drug-likeness (QED) is 0.428. The highest BCUT2D eigenvalue weighted by atomic mass is 16.5. The molecular weight excluding hydrogens is 396 g/mol. The summed E-state index contributed by atoms with van der Waals surface area (Å²) in [7, 11) is 0. The molecule has 0 radical (unpaired) electrons. The SMILES string of the molecule is CC(C)Oc1ccc(C(=O)NCCn2ncc3c(NCc4ccco4)ncnc32)cc1. The molecule has 0 aliphatic rings. The first-order chi connectivity index (χ1) is 15.1. The number of aromatic nitrogens is 4. The van der Waals surface area contributed by atoms with Crippen molar-refractivity contribution in [2.24, 2.45) is 0 Å². The topological polar surface area (TPSA) is 107 Å². The third kappa shape index (κ3) is 5.00. The molecule has 1 aromatic carbocycles. The van der Waals surface area contributed by atoms with Gasteiger partial charge in [0.1, 0.15) is 23.7 Å². The number of nitrogens with zero attached hydrogens (tertiary/aromatic N) is 4. The van der Waals surface area contributed by atoms with Crippen LogP contribution in [0.5, 0.6) is 5.75 Å². The number of amides is 1. The maximum atomic E-state index is 12.4. The minimum Gasteiger partial charge on any atom is -0.491 e. The largest absolute Gasteiger partial charge is 0.491 e. The molecule has 0 aliphatic heterocycles. The second-order valence-corrected chi connectivity index (χ2v) is 7.21. The van der Waals surface area contributed by atoms with Crippen molar-refractivity contribution in [3.63, 3.8) is 0 Å². The molecule has 1 amide bonds. The van der Waals surface area contributed by atoms with Gasteiger partial charge in [0.15, 0.2) is 5.65 Å². The van der Waals surface area contributed by atoms with Gasteiger partial charge >= 0.3 is 0 Å². The van der Waals surface area contributed by atoms with Gasteiger partial charge in [-0.05, 0) is 50.2 Å². The summed E-state index contributed by atoms with van der Waals surface area (Å²) in [6.07, 6.45) is 4.93. The number of benzene rings is 1. The van der Waals surface area contributed by atoms with Gasteiger partial charge in [0.05, 0.1) is 37.0 Å². The second-order valence-electron chi connectivity index (χ2n) is 7.21. The fourth-order valence-corrected chi connectivity index (χ4v) is 3.12. The van der Waals surface area contributed by atoms with Crippen molar-refractivity contribution < 1.29 is 13.9 Å². The molecule has 0 saturated heterocycles. The van der Waals surface area contributed by atoms with Gasteiger partial charge in [-0.1, -0.05) is 0 Å². The normalized spacial score (nSPS) is 11.1. The monoisotopic (exact) mass is 420 g/mol. The Morgan fingerprint density at radius 3 is 2.77 bits per heavy atom. The molecule has 4 rings (SSSR count). The lowest BCUT2D eigenvalue weighted by Gasteiger charge is -2.10. The van der Waals surface area contributed by atoms with Gasteiger partial charge in [-0.25, -0.2) is 14.6 Å². The number of rotatable bonds is 9. The highest BCUT2D eigenvalue weighted by molar-refractivity contribution is 5.94. The Kier molecular flexibility index (Phi) is 6.11. The van der Waals surface area contributed by atoms with E-state index in [-0.39, 0.29) is 12.0 Å². The number of carbonyl (C=O) groups is 1. The molecule has 0 spiro atoms. The highest BCUT2D eigenvalue weighted by Crippen LogP contribution is 2.19. The Labute approximate surface area is 179 Å². The summed E-state index contributed by atoms with van der Waals surface area (Å²) in [6, 6.07) is 10.8. The number of nitrogens with one attached hydrogen (secondary N) is 2. The summed E-state index contributed by atoms with van der Waals surface area (Å²) in [5.41, 5.74) is 1.27. The summed E-state index contributed by atoms with van der Waals surface area (Å²) in [4.78, 5) is 21.0. The molecule has 3 aromatic heterocycles. The average Bonchev–Trinajstić information content (AvgIpc) is 3.43. The molecular formula is C22H24N6O3. The molecule has 2 N–H and O–H groups in total. The van der Waals surface area contributed by atoms with Gasteiger partial charge in [0.25, 0.3) is 5.91 Å². The van der Waals surface area contributed by atoms with Gasteiger partial charge in [0.2, 0.25) is 0 Å². The zero-order chi connectivity index (χ0) is 21.6. The first-order valence-electron chi connectivity index (χ1n) is 10.1. The van der Waals surface area contributed by atoms with E-state index in [1.165, 1.54) is 6.33 Å². The standard InChI is InChI=1S/C22H24N6O3/c1-15(2)31-17-7-5-16(6-8-17)22(29)23-9-10-28-21-19(13-27-28)20(25-14-26-21)24-12-18-4-3-11-30-18/h3-8,11,13-15H,9-10,12H2,1-2H3,(H,23,29)(H,24,25,26). The van der Waals surface area contributed by atoms with Crippen LogP contribution in [0.3, 0.4) is 0 Å². The number of hydrogen-bond acceptors (Lipinski definition) is 7. The lowest BCUT2D eigenvalue weighted by molar-refractivity contribution is 0.0952. The van der Waals surface area contributed by atoms with Crippen molar-refractivity contribution in [3.05, 3.63) is 66.5 Å². The molecule has 0 aliphatic carbocycles. The van der Waals surface area contributed by atoms with Crippen LogP contribution in [0.1, 0.15) is 30.0 Å². The molecule has 0 bridgehead atoms. The van der Waals surface area contributed by atoms with Gasteiger partial charge in [-0.3, -0.25) is 4.79 Å². The minimum absolute atomic E-state index is 0.0910. The summed E-state index contributed by atoms with van der Waals surface area (Å²) < 4.78 is 12.7. The van der Waals surface area contributed by atoms with E-state index in [0.717, 1.165) is 16.9 Å². The first kappa shape index (κ1) is 20.4. The van der Waals surface area contributed by atoms with Crippen LogP contribution in [0.4, 0.5) is 5.82 Å². The van der Waals surface area contributed by atoms with Crippen molar-refractivity contribution in [1.29, 1.82) is 0 Å². The number of carbonyl (C=O) groups excluding carboxylic acids is 1. The third-order valence-corrected chi connectivity index (χ3v) is 4.54. The highest BCUT2D eigenvalue weighted by Gasteiger charge is 2.11. The van der Waals surface area contributed by atoms with Gasteiger partial charge < -0.3 is 19.8 Å². The third-order valence-electron chi connectivity index (χ3n) is 4.54. The van der Waals surface area contributed by atoms with Crippen molar-refractivity contribution >= 4 is 22.8 Å². The van der Waals surface area contributed by atoms with Crippen LogP contribution in [0.15, 0.2) is 59.6 Å². The summed E-state index contributed by atoms with van der Waals surface area (Å²) >= 11 is 0. The number of ether oxygens (including phenoxy) is 1. The Hall–Kier alpha value is -3.88. The van der Waals surface area contributed by atoms with Crippen LogP contribution in [-0.2, 0) is 13.1 Å². The van der Waals surface area contributed by atoms with Crippen LogP contribution in [0.2, 0.25) is 0 Å². The number of hydrogen-bond donors (Lipinski definition) is 2. The summed E-state index contributed by atoms with van der Waals surface area (Å²) in [5.74, 6) is 2.08. The zero-order valence-corrected chi connectivity index (χ0v) is 17.4. The fourth-order valence-electron chi connectivity index (χ4n) is 3.12. The van der Waals surface area contributed by atoms with Crippen LogP contribution >= 0.6 is 0 Å². The Morgan fingerprint density at radius 2 is 2.03 bits per heavy atom. The van der Waals surface area contributed by atoms with Crippen molar-refractivity contribution in [1.82, 2.24) is 25.1 Å². The predicted octanol–water partition coefficient (Wildman–Crippen LogP) is 3.25. The smallest absolute Gasteiger partial charge is 0.251 e. The number of fused-ring (bicyclic) bond motifs is 1. The van der Waals surface area contributed by atoms with E-state index >= 15 is 0 Å². The number of furan rings is 1. The molecule has 160 valence electrons. The van der Waals surface area contributed by atoms with E-state index in [1.54, 1.807) is 41.4 Å². The number of anilines is 1. The molecule has 4 aromatic rings. The van der Waals surface area contributed by atoms with Crippen molar-refractivity contribution in [2.75, 3.05) is 11.9 Å². The lowest BCUT2D eigenvalue weighted by atomic mass is 10.2. The van der Waals surface area contributed by atoms with E-state index in [0.29, 0.717) is 36.7 Å². The van der Waals surface area contributed by atoms with E-state index in [4.69, 9.17) is 9.15 Å². The molecule has 9 heteroatoms. The van der Waals surface area contributed by atoms with Gasteiger partial charge in [0, 0.05) is 12.1 Å². The fraction of sp³-hybridized carbons (Fsp3) is 0.273. The Morgan fingerprint density at radius 1 is 1.19 bits per heavy atom. The van der Waals surface area contributed by atoms with E-state index in [9.17, 15) is 4.79 Å². The predicted molar refractivity (Wildman–Crippen MR) is 116 cm³/mol. The molecule has 0 fully saturated rings. The van der Waals surface area contributed by atoms with E-state index in [1.807, 2.05) is 26.0 Å². The average molecular weight is 420 g/mol. The van der Waals surface area contributed by atoms with Gasteiger partial charge in [-0.15, -0.1) is 0 Å². The summed E-state index contributed by atoms with van der Waals surface area (Å²) in [6.45, 7) is 5.34. The second kappa shape index (κ2) is 9.29. The zero-order valence-electron chi connectivity index (χ0n) is 17.4. The minimum atomic E-state index is -0.150. The maximum absolute atomic E-state index is 12.4. The van der Waals surface area contributed by atoms with Crippen LogP contribution < -0.4 is 15.4 Å². The maximum Gasteiger partial charge on any atom is 0.251 e.